The van der Waals surface area contributed by atoms with Crippen LogP contribution >= 0.6 is 11.3 Å². The Morgan fingerprint density at radius 2 is 2.00 bits per heavy atom. The molecule has 21 heavy (non-hydrogen) atoms. The molecule has 114 valence electrons. The Morgan fingerprint density at radius 3 is 2.52 bits per heavy atom. The fraction of sp³-hybridized carbons (Fsp3) is 0.500. The van der Waals surface area contributed by atoms with Crippen molar-refractivity contribution in [3.63, 3.8) is 0 Å². The van der Waals surface area contributed by atoms with E-state index in [0.29, 0.717) is 5.01 Å². The van der Waals surface area contributed by atoms with Crippen molar-refractivity contribution in [2.24, 2.45) is 17.6 Å². The van der Waals surface area contributed by atoms with Crippen molar-refractivity contribution in [1.29, 1.82) is 0 Å². The van der Waals surface area contributed by atoms with Crippen molar-refractivity contribution in [2.75, 3.05) is 13.1 Å². The number of piperidine rings is 1. The number of carboxylic acid groups (broad SMARTS) is 2. The van der Waals surface area contributed by atoms with Gasteiger partial charge in [0.1, 0.15) is 10.7 Å². The third-order valence-corrected chi connectivity index (χ3v) is 4.35. The number of aliphatic carboxylic acids is 2. The van der Waals surface area contributed by atoms with Crippen LogP contribution in [-0.2, 0) is 16.1 Å². The molecule has 4 N–H and O–H groups in total. The molecule has 1 aromatic heterocycles. The number of carbonyl (C=O) groups excluding carboxylic acids is 1. The lowest BCUT2D eigenvalue weighted by Crippen LogP contribution is -2.48. The van der Waals surface area contributed by atoms with Crippen LogP contribution in [0.5, 0.6) is 0 Å². The first-order chi connectivity index (χ1) is 9.93. The number of carboxylic acids is 2. The molecule has 1 saturated heterocycles. The minimum absolute atomic E-state index is 0.117. The molecule has 1 aromatic rings. The summed E-state index contributed by atoms with van der Waals surface area (Å²) in [6.45, 7) is 0.312. The Hall–Kier alpha value is -2.00. The molecule has 2 rings (SSSR count). The molecule has 0 aromatic carbocycles. The molecule has 2 unspecified atom stereocenters. The molecule has 0 saturated carbocycles. The van der Waals surface area contributed by atoms with Crippen LogP contribution in [0.2, 0.25) is 0 Å². The van der Waals surface area contributed by atoms with Crippen molar-refractivity contribution in [3.05, 3.63) is 16.1 Å². The number of hydrogen-bond acceptors (Lipinski definition) is 6. The quantitative estimate of drug-likeness (QED) is 0.703. The summed E-state index contributed by atoms with van der Waals surface area (Å²) < 4.78 is 0. The maximum Gasteiger partial charge on any atom is 0.309 e. The zero-order chi connectivity index (χ0) is 15.6. The van der Waals surface area contributed by atoms with Crippen LogP contribution in [0.3, 0.4) is 0 Å². The van der Waals surface area contributed by atoms with Gasteiger partial charge in [0.15, 0.2) is 0 Å². The van der Waals surface area contributed by atoms with Gasteiger partial charge in [-0.25, -0.2) is 4.98 Å². The van der Waals surface area contributed by atoms with E-state index >= 15 is 0 Å². The summed E-state index contributed by atoms with van der Waals surface area (Å²) in [5.41, 5.74) is 5.66. The number of carbonyl (C=O) groups is 3. The molecule has 1 fully saturated rings. The summed E-state index contributed by atoms with van der Waals surface area (Å²) in [5, 5.41) is 20.4. The van der Waals surface area contributed by atoms with Crippen LogP contribution in [0.4, 0.5) is 0 Å². The van der Waals surface area contributed by atoms with Crippen LogP contribution in [0.1, 0.15) is 21.9 Å². The van der Waals surface area contributed by atoms with E-state index in [4.69, 9.17) is 15.9 Å². The van der Waals surface area contributed by atoms with Crippen LogP contribution in [0, 0.1) is 11.8 Å². The molecule has 0 aliphatic carbocycles. The lowest BCUT2D eigenvalue weighted by Gasteiger charge is -2.34. The van der Waals surface area contributed by atoms with Gasteiger partial charge < -0.3 is 20.8 Å². The molecule has 1 amide bonds. The second-order valence-electron chi connectivity index (χ2n) is 4.76. The molecule has 9 heteroatoms. The predicted molar refractivity (Wildman–Crippen MR) is 72.8 cm³/mol. The third-order valence-electron chi connectivity index (χ3n) is 3.48. The molecule has 2 heterocycles. The zero-order valence-corrected chi connectivity index (χ0v) is 11.9. The Labute approximate surface area is 124 Å². The second-order valence-corrected chi connectivity index (χ2v) is 5.70. The summed E-state index contributed by atoms with van der Waals surface area (Å²) in [7, 11) is 0. The number of likely N-dealkylation sites (tertiary alicyclic amines) is 1. The average Bonchev–Trinajstić information content (AvgIpc) is 2.94. The average molecular weight is 313 g/mol. The summed E-state index contributed by atoms with van der Waals surface area (Å²) in [6, 6.07) is 0. The van der Waals surface area contributed by atoms with E-state index in [1.54, 1.807) is 5.38 Å². The lowest BCUT2D eigenvalue weighted by molar-refractivity contribution is -0.156. The van der Waals surface area contributed by atoms with E-state index in [1.165, 1.54) is 16.2 Å². The highest BCUT2D eigenvalue weighted by Gasteiger charge is 2.40. The Morgan fingerprint density at radius 1 is 1.33 bits per heavy atom. The minimum Gasteiger partial charge on any atom is -0.481 e. The van der Waals surface area contributed by atoms with Gasteiger partial charge in [-0.1, -0.05) is 0 Å². The summed E-state index contributed by atoms with van der Waals surface area (Å²) in [4.78, 5) is 39.9. The van der Waals surface area contributed by atoms with Gasteiger partial charge in [0.05, 0.1) is 11.8 Å². The number of thiazole rings is 1. The predicted octanol–water partition coefficient (Wildman–Crippen LogP) is -0.151. The van der Waals surface area contributed by atoms with Gasteiger partial charge >= 0.3 is 11.9 Å². The van der Waals surface area contributed by atoms with Gasteiger partial charge in [-0.2, -0.15) is 0 Å². The van der Waals surface area contributed by atoms with Crippen LogP contribution < -0.4 is 5.73 Å². The number of rotatable bonds is 4. The van der Waals surface area contributed by atoms with Gasteiger partial charge in [0.25, 0.3) is 5.91 Å². The van der Waals surface area contributed by atoms with Crippen LogP contribution in [0.15, 0.2) is 5.38 Å². The van der Waals surface area contributed by atoms with E-state index in [9.17, 15) is 14.4 Å². The molecule has 0 spiro atoms. The zero-order valence-electron chi connectivity index (χ0n) is 11.1. The molecule has 1 aliphatic rings. The summed E-state index contributed by atoms with van der Waals surface area (Å²) in [5.74, 6) is -4.81. The number of amides is 1. The van der Waals surface area contributed by atoms with Crippen LogP contribution in [-0.4, -0.2) is 51.0 Å². The first-order valence-electron chi connectivity index (χ1n) is 6.33. The molecular formula is C12H15N3O5S. The second kappa shape index (κ2) is 6.19. The Bertz CT molecular complexity index is 573. The third kappa shape index (κ3) is 3.19. The summed E-state index contributed by atoms with van der Waals surface area (Å²) in [6.07, 6.45) is 0.117. The molecule has 1 aliphatic heterocycles. The number of nitrogens with two attached hydrogens (primary N) is 1. The molecule has 2 atom stereocenters. The standard InChI is InChI=1S/C12H15N3O5S/c13-3-9-14-8(5-21-9)10(16)15-2-1-6(11(17)18)7(4-15)12(19)20/h5-7H,1-4,13H2,(H,17,18)(H,19,20). The van der Waals surface area contributed by atoms with Gasteiger partial charge in [0, 0.05) is 25.0 Å². The molecule has 0 bridgehead atoms. The van der Waals surface area contributed by atoms with E-state index in [2.05, 4.69) is 4.98 Å². The Balaban J connectivity index is 2.13. The van der Waals surface area contributed by atoms with Gasteiger partial charge in [-0.05, 0) is 6.42 Å². The lowest BCUT2D eigenvalue weighted by atomic mass is 9.85. The Kier molecular flexibility index (Phi) is 4.53. The number of nitrogens with zero attached hydrogens (tertiary/aromatic N) is 2. The minimum atomic E-state index is -1.21. The van der Waals surface area contributed by atoms with E-state index in [1.807, 2.05) is 0 Å². The maximum absolute atomic E-state index is 12.3. The largest absolute Gasteiger partial charge is 0.481 e. The maximum atomic E-state index is 12.3. The number of hydrogen-bond donors (Lipinski definition) is 3. The van der Waals surface area contributed by atoms with E-state index in [-0.39, 0.29) is 37.7 Å². The fourth-order valence-corrected chi connectivity index (χ4v) is 3.00. The highest BCUT2D eigenvalue weighted by atomic mass is 32.1. The smallest absolute Gasteiger partial charge is 0.309 e. The highest BCUT2D eigenvalue weighted by molar-refractivity contribution is 7.09. The molecule has 8 nitrogen and oxygen atoms in total. The van der Waals surface area contributed by atoms with Crippen molar-refractivity contribution < 1.29 is 24.6 Å². The van der Waals surface area contributed by atoms with Crippen LogP contribution in [0.25, 0.3) is 0 Å². The summed E-state index contributed by atoms with van der Waals surface area (Å²) >= 11 is 1.26. The first-order valence-corrected chi connectivity index (χ1v) is 7.21. The van der Waals surface area contributed by atoms with Crippen molar-refractivity contribution in [1.82, 2.24) is 9.88 Å². The normalized spacial score (nSPS) is 22.0. The monoisotopic (exact) mass is 313 g/mol. The first kappa shape index (κ1) is 15.4. The van der Waals surface area contributed by atoms with Gasteiger partial charge in [0.2, 0.25) is 0 Å². The SMILES string of the molecule is NCc1nc(C(=O)N2CCC(C(=O)O)C(C(=O)O)C2)cs1. The molecular weight excluding hydrogens is 298 g/mol. The van der Waals surface area contributed by atoms with Gasteiger partial charge in [-0.15, -0.1) is 11.3 Å². The van der Waals surface area contributed by atoms with Crippen molar-refractivity contribution >= 4 is 29.2 Å². The van der Waals surface area contributed by atoms with Crippen molar-refractivity contribution in [2.45, 2.75) is 13.0 Å². The van der Waals surface area contributed by atoms with Gasteiger partial charge in [-0.3, -0.25) is 14.4 Å². The van der Waals surface area contributed by atoms with E-state index in [0.717, 1.165) is 0 Å². The topological polar surface area (TPSA) is 134 Å². The molecule has 0 radical (unpaired) electrons. The fourth-order valence-electron chi connectivity index (χ4n) is 2.35. The van der Waals surface area contributed by atoms with E-state index < -0.39 is 23.8 Å². The highest BCUT2D eigenvalue weighted by Crippen LogP contribution is 2.25. The number of aromatic nitrogens is 1. The van der Waals surface area contributed by atoms with Crippen molar-refractivity contribution in [3.8, 4) is 0 Å².